The summed E-state index contributed by atoms with van der Waals surface area (Å²) in [4.78, 5) is 23.2. The molecule has 2 aromatic rings. The van der Waals surface area contributed by atoms with Crippen molar-refractivity contribution >= 4 is 33.0 Å². The van der Waals surface area contributed by atoms with Gasteiger partial charge in [0.1, 0.15) is 5.75 Å². The van der Waals surface area contributed by atoms with Crippen LogP contribution in [0.3, 0.4) is 0 Å². The van der Waals surface area contributed by atoms with Gasteiger partial charge in [-0.15, -0.1) is 0 Å². The summed E-state index contributed by atoms with van der Waals surface area (Å²) in [6, 6.07) is 7.76. The summed E-state index contributed by atoms with van der Waals surface area (Å²) >= 11 is 0. The van der Waals surface area contributed by atoms with E-state index in [1.54, 1.807) is 0 Å². The molecule has 29 heavy (non-hydrogen) atoms. The van der Waals surface area contributed by atoms with Crippen molar-refractivity contribution in [3.05, 3.63) is 48.0 Å². The maximum absolute atomic E-state index is 12.5. The van der Waals surface area contributed by atoms with E-state index in [2.05, 4.69) is 10.6 Å². The van der Waals surface area contributed by atoms with Gasteiger partial charge in [0.2, 0.25) is 5.91 Å². The molecule has 0 atom stereocenters. The number of alkyl halides is 3. The molecule has 1 aliphatic rings. The molecule has 2 aromatic carbocycles. The zero-order valence-electron chi connectivity index (χ0n) is 14.7. The van der Waals surface area contributed by atoms with Gasteiger partial charge in [0, 0.05) is 12.1 Å². The number of sulfone groups is 1. The number of benzene rings is 2. The first-order chi connectivity index (χ1) is 13.5. The number of nitrogens with one attached hydrogen (secondary N) is 2. The Hall–Kier alpha value is -3.08. The number of anilines is 2. The highest BCUT2D eigenvalue weighted by molar-refractivity contribution is 7.91. The Kier molecular flexibility index (Phi) is 5.51. The lowest BCUT2D eigenvalue weighted by molar-refractivity contribution is -0.137. The van der Waals surface area contributed by atoms with Gasteiger partial charge >= 0.3 is 6.18 Å². The van der Waals surface area contributed by atoms with Crippen LogP contribution < -0.4 is 15.4 Å². The molecule has 0 fully saturated rings. The van der Waals surface area contributed by atoms with Crippen molar-refractivity contribution in [2.24, 2.45) is 0 Å². The average molecular weight is 428 g/mol. The van der Waals surface area contributed by atoms with E-state index in [1.165, 1.54) is 18.2 Å². The third-order valence-corrected chi connectivity index (χ3v) is 5.75. The van der Waals surface area contributed by atoms with Gasteiger partial charge in [0.25, 0.3) is 5.91 Å². The summed E-state index contributed by atoms with van der Waals surface area (Å²) in [5, 5.41) is 4.85. The summed E-state index contributed by atoms with van der Waals surface area (Å²) in [7, 11) is -3.84. The number of halogens is 3. The highest BCUT2D eigenvalue weighted by atomic mass is 32.2. The molecule has 2 N–H and O–H groups in total. The van der Waals surface area contributed by atoms with E-state index in [-0.39, 0.29) is 22.9 Å². The maximum atomic E-state index is 12.5. The molecule has 1 heterocycles. The first-order valence-corrected chi connectivity index (χ1v) is 9.96. The van der Waals surface area contributed by atoms with E-state index in [1.807, 2.05) is 0 Å². The zero-order valence-corrected chi connectivity index (χ0v) is 15.6. The highest BCUT2D eigenvalue weighted by Crippen LogP contribution is 2.31. The zero-order chi connectivity index (χ0) is 21.2. The first-order valence-electron chi connectivity index (χ1n) is 8.31. The molecule has 2 amide bonds. The number of ether oxygens (including phenoxy) is 1. The second-order valence-electron chi connectivity index (χ2n) is 6.19. The minimum Gasteiger partial charge on any atom is -0.482 e. The fraction of sp³-hybridized carbons (Fsp3) is 0.222. The van der Waals surface area contributed by atoms with Gasteiger partial charge in [-0.25, -0.2) is 8.42 Å². The highest BCUT2D eigenvalue weighted by Gasteiger charge is 2.30. The third kappa shape index (κ3) is 5.05. The minimum atomic E-state index is -4.49. The van der Waals surface area contributed by atoms with Crippen molar-refractivity contribution < 1.29 is 35.9 Å². The van der Waals surface area contributed by atoms with Crippen LogP contribution in [0.5, 0.6) is 5.75 Å². The predicted molar refractivity (Wildman–Crippen MR) is 97.3 cm³/mol. The largest absolute Gasteiger partial charge is 0.482 e. The van der Waals surface area contributed by atoms with Crippen LogP contribution in [0, 0.1) is 0 Å². The van der Waals surface area contributed by atoms with Crippen LogP contribution in [0.25, 0.3) is 0 Å². The van der Waals surface area contributed by atoms with Gasteiger partial charge in [0.15, 0.2) is 16.4 Å². The molecule has 0 unspecified atom stereocenters. The summed E-state index contributed by atoms with van der Waals surface area (Å²) < 4.78 is 67.7. The molecule has 0 bridgehead atoms. The van der Waals surface area contributed by atoms with E-state index >= 15 is 0 Å². The van der Waals surface area contributed by atoms with Crippen LogP contribution >= 0.6 is 0 Å². The van der Waals surface area contributed by atoms with Gasteiger partial charge in [0.05, 0.1) is 21.9 Å². The molecule has 0 spiro atoms. The fourth-order valence-electron chi connectivity index (χ4n) is 2.57. The lowest BCUT2D eigenvalue weighted by atomic mass is 10.2. The second-order valence-corrected chi connectivity index (χ2v) is 8.30. The number of hydrogen-bond donors (Lipinski definition) is 2. The topological polar surface area (TPSA) is 102 Å². The molecule has 0 radical (unpaired) electrons. The monoisotopic (exact) mass is 428 g/mol. The smallest absolute Gasteiger partial charge is 0.416 e. The Morgan fingerprint density at radius 2 is 1.83 bits per heavy atom. The van der Waals surface area contributed by atoms with E-state index in [0.29, 0.717) is 5.75 Å². The van der Waals surface area contributed by atoms with Crippen molar-refractivity contribution in [3.63, 3.8) is 0 Å². The summed E-state index contributed by atoms with van der Waals surface area (Å²) in [5.41, 5.74) is -0.521. The molecular formula is C18H15F3N2O5S. The Balaban J connectivity index is 1.62. The number of fused-ring (bicyclic) bond motifs is 1. The first kappa shape index (κ1) is 20.6. The molecule has 1 aliphatic heterocycles. The summed E-state index contributed by atoms with van der Waals surface area (Å²) in [5.74, 6) is -1.26. The van der Waals surface area contributed by atoms with Crippen LogP contribution in [0.1, 0.15) is 12.0 Å². The van der Waals surface area contributed by atoms with Crippen LogP contribution in [0.2, 0.25) is 0 Å². The van der Waals surface area contributed by atoms with Crippen LogP contribution in [-0.2, 0) is 25.6 Å². The van der Waals surface area contributed by atoms with Gasteiger partial charge in [-0.3, -0.25) is 9.59 Å². The summed E-state index contributed by atoms with van der Waals surface area (Å²) in [6.07, 6.45) is -4.89. The lowest BCUT2D eigenvalue weighted by Gasteiger charge is -2.18. The third-order valence-electron chi connectivity index (χ3n) is 4.04. The Labute approximate surface area is 163 Å². The van der Waals surface area contributed by atoms with Crippen molar-refractivity contribution in [1.29, 1.82) is 0 Å². The Bertz CT molecular complexity index is 1050. The maximum Gasteiger partial charge on any atom is 0.416 e. The van der Waals surface area contributed by atoms with Crippen LogP contribution in [0.15, 0.2) is 47.4 Å². The van der Waals surface area contributed by atoms with Gasteiger partial charge in [-0.1, -0.05) is 0 Å². The number of carbonyl (C=O) groups excluding carboxylic acids is 2. The van der Waals surface area contributed by atoms with Gasteiger partial charge < -0.3 is 15.4 Å². The van der Waals surface area contributed by atoms with E-state index in [0.717, 1.165) is 24.3 Å². The van der Waals surface area contributed by atoms with Gasteiger partial charge in [-0.2, -0.15) is 13.2 Å². The van der Waals surface area contributed by atoms with E-state index in [4.69, 9.17) is 4.74 Å². The van der Waals surface area contributed by atoms with Crippen molar-refractivity contribution in [2.45, 2.75) is 17.5 Å². The molecule has 11 heteroatoms. The Morgan fingerprint density at radius 1 is 1.14 bits per heavy atom. The Morgan fingerprint density at radius 3 is 2.48 bits per heavy atom. The fourth-order valence-corrected chi connectivity index (χ4v) is 3.83. The quantitative estimate of drug-likeness (QED) is 0.763. The molecule has 0 saturated heterocycles. The SMILES string of the molecule is O=C(CCS(=O)(=O)c1ccc2c(c1)NC(=O)CO2)Nc1ccc(C(F)(F)F)cc1. The van der Waals surface area contributed by atoms with E-state index < -0.39 is 45.6 Å². The van der Waals surface area contributed by atoms with Crippen molar-refractivity contribution in [2.75, 3.05) is 23.0 Å². The summed E-state index contributed by atoms with van der Waals surface area (Å²) in [6.45, 7) is -0.163. The minimum absolute atomic E-state index is 0.0932. The lowest BCUT2D eigenvalue weighted by Crippen LogP contribution is -2.25. The number of hydrogen-bond acceptors (Lipinski definition) is 5. The molecule has 0 aromatic heterocycles. The average Bonchev–Trinajstić information content (AvgIpc) is 2.65. The van der Waals surface area contributed by atoms with Crippen molar-refractivity contribution in [1.82, 2.24) is 0 Å². The standard InChI is InChI=1S/C18H15F3N2O5S/c19-18(20,21)11-1-3-12(4-2-11)22-16(24)7-8-29(26,27)13-5-6-15-14(9-13)23-17(25)10-28-15/h1-6,9H,7-8,10H2,(H,22,24)(H,23,25). The number of rotatable bonds is 5. The van der Waals surface area contributed by atoms with Crippen LogP contribution in [0.4, 0.5) is 24.5 Å². The number of amides is 2. The van der Waals surface area contributed by atoms with Crippen LogP contribution in [-0.4, -0.2) is 32.6 Å². The molecular weight excluding hydrogens is 413 g/mol. The van der Waals surface area contributed by atoms with E-state index in [9.17, 15) is 31.2 Å². The second kappa shape index (κ2) is 7.74. The molecule has 154 valence electrons. The molecule has 0 saturated carbocycles. The molecule has 7 nitrogen and oxygen atoms in total. The van der Waals surface area contributed by atoms with Gasteiger partial charge in [-0.05, 0) is 42.5 Å². The predicted octanol–water partition coefficient (Wildman–Crippen LogP) is 2.84. The number of carbonyl (C=O) groups is 2. The molecule has 3 rings (SSSR count). The normalized spacial score (nSPS) is 13.8. The molecule has 0 aliphatic carbocycles. The van der Waals surface area contributed by atoms with Crippen molar-refractivity contribution in [3.8, 4) is 5.75 Å².